The van der Waals surface area contributed by atoms with E-state index in [1.807, 2.05) is 17.5 Å². The Labute approximate surface area is 125 Å². The molecule has 102 valence electrons. The summed E-state index contributed by atoms with van der Waals surface area (Å²) in [6.07, 6.45) is 0. The Morgan fingerprint density at radius 2 is 2.21 bits per heavy atom. The molecule has 1 aromatic carbocycles. The van der Waals surface area contributed by atoms with Gasteiger partial charge in [0.05, 0.1) is 5.69 Å². The van der Waals surface area contributed by atoms with Crippen molar-refractivity contribution in [2.75, 3.05) is 0 Å². The molecule has 0 spiro atoms. The fourth-order valence-corrected chi connectivity index (χ4v) is 2.80. The Kier molecular flexibility index (Phi) is 4.96. The molecule has 2 aromatic rings. The van der Waals surface area contributed by atoms with E-state index in [0.717, 1.165) is 20.9 Å². The lowest BCUT2D eigenvalue weighted by Gasteiger charge is -2.13. The fourth-order valence-electron chi connectivity index (χ4n) is 1.76. The van der Waals surface area contributed by atoms with E-state index in [-0.39, 0.29) is 0 Å². The largest absolute Gasteiger partial charge is 0.487 e. The highest BCUT2D eigenvalue weighted by Crippen LogP contribution is 2.30. The lowest BCUT2D eigenvalue weighted by molar-refractivity contribution is 0.297. The average molecular weight is 341 g/mol. The Bertz CT molecular complexity index is 554. The summed E-state index contributed by atoms with van der Waals surface area (Å²) in [7, 11) is 0. The van der Waals surface area contributed by atoms with Crippen molar-refractivity contribution in [3.05, 3.63) is 44.3 Å². The molecule has 0 saturated carbocycles. The van der Waals surface area contributed by atoms with E-state index in [2.05, 4.69) is 40.8 Å². The summed E-state index contributed by atoms with van der Waals surface area (Å²) in [4.78, 5) is 4.40. The first-order valence-corrected chi connectivity index (χ1v) is 7.83. The van der Waals surface area contributed by atoms with Crippen LogP contribution in [0.3, 0.4) is 0 Å². The molecule has 2 rings (SSSR count). The molecule has 0 aliphatic rings. The number of thiazole rings is 1. The molecule has 2 N–H and O–H groups in total. The van der Waals surface area contributed by atoms with Crippen LogP contribution in [0.4, 0.5) is 0 Å². The van der Waals surface area contributed by atoms with E-state index in [1.165, 1.54) is 5.56 Å². The van der Waals surface area contributed by atoms with Gasteiger partial charge < -0.3 is 10.5 Å². The normalized spacial score (nSPS) is 11.0. The van der Waals surface area contributed by atoms with Crippen LogP contribution in [-0.2, 0) is 13.2 Å². The van der Waals surface area contributed by atoms with Gasteiger partial charge in [0.25, 0.3) is 0 Å². The van der Waals surface area contributed by atoms with Crippen molar-refractivity contribution in [2.24, 2.45) is 5.73 Å². The van der Waals surface area contributed by atoms with Gasteiger partial charge in [0.1, 0.15) is 17.4 Å². The van der Waals surface area contributed by atoms with Crippen LogP contribution in [0.1, 0.15) is 36.0 Å². The SMILES string of the molecule is CC(C)c1cc(Br)ccc1OCc1csc(CN)n1. The predicted molar refractivity (Wildman–Crippen MR) is 82.6 cm³/mol. The van der Waals surface area contributed by atoms with Crippen LogP contribution in [0.15, 0.2) is 28.1 Å². The predicted octanol–water partition coefficient (Wildman–Crippen LogP) is 4.07. The third kappa shape index (κ3) is 3.78. The van der Waals surface area contributed by atoms with Crippen molar-refractivity contribution < 1.29 is 4.74 Å². The van der Waals surface area contributed by atoms with E-state index in [9.17, 15) is 0 Å². The molecular formula is C14H17BrN2OS. The highest BCUT2D eigenvalue weighted by Gasteiger charge is 2.09. The number of hydrogen-bond donors (Lipinski definition) is 1. The van der Waals surface area contributed by atoms with Gasteiger partial charge in [-0.1, -0.05) is 29.8 Å². The van der Waals surface area contributed by atoms with Gasteiger partial charge in [-0.3, -0.25) is 0 Å². The van der Waals surface area contributed by atoms with E-state index in [0.29, 0.717) is 19.1 Å². The van der Waals surface area contributed by atoms with Crippen LogP contribution in [-0.4, -0.2) is 4.98 Å². The Balaban J connectivity index is 2.10. The smallest absolute Gasteiger partial charge is 0.131 e. The monoisotopic (exact) mass is 340 g/mol. The lowest BCUT2D eigenvalue weighted by atomic mass is 10.0. The first kappa shape index (κ1) is 14.5. The van der Waals surface area contributed by atoms with Crippen LogP contribution < -0.4 is 10.5 Å². The van der Waals surface area contributed by atoms with E-state index < -0.39 is 0 Å². The molecule has 0 atom stereocenters. The minimum atomic E-state index is 0.419. The first-order valence-electron chi connectivity index (χ1n) is 6.15. The van der Waals surface area contributed by atoms with E-state index in [1.54, 1.807) is 11.3 Å². The minimum Gasteiger partial charge on any atom is -0.487 e. The third-order valence-corrected chi connectivity index (χ3v) is 4.16. The molecule has 1 heterocycles. The van der Waals surface area contributed by atoms with Gasteiger partial charge >= 0.3 is 0 Å². The summed E-state index contributed by atoms with van der Waals surface area (Å²) in [5, 5.41) is 2.94. The molecule has 5 heteroatoms. The second-order valence-electron chi connectivity index (χ2n) is 4.56. The molecule has 0 saturated heterocycles. The molecule has 0 fully saturated rings. The Hall–Kier alpha value is -0.910. The second kappa shape index (κ2) is 6.50. The van der Waals surface area contributed by atoms with Gasteiger partial charge in [0.2, 0.25) is 0 Å². The topological polar surface area (TPSA) is 48.1 Å². The second-order valence-corrected chi connectivity index (χ2v) is 6.42. The van der Waals surface area contributed by atoms with Crippen LogP contribution >= 0.6 is 27.3 Å². The fraction of sp³-hybridized carbons (Fsp3) is 0.357. The van der Waals surface area contributed by atoms with Crippen molar-refractivity contribution in [3.63, 3.8) is 0 Å². The third-order valence-electron chi connectivity index (χ3n) is 2.74. The van der Waals surface area contributed by atoms with Crippen LogP contribution in [0.25, 0.3) is 0 Å². The zero-order valence-corrected chi connectivity index (χ0v) is 13.4. The van der Waals surface area contributed by atoms with Crippen molar-refractivity contribution in [3.8, 4) is 5.75 Å². The number of halogens is 1. The maximum Gasteiger partial charge on any atom is 0.131 e. The number of rotatable bonds is 5. The molecule has 0 aliphatic heterocycles. The highest BCUT2D eigenvalue weighted by atomic mass is 79.9. The lowest BCUT2D eigenvalue weighted by Crippen LogP contribution is -2.01. The molecule has 19 heavy (non-hydrogen) atoms. The number of benzene rings is 1. The molecule has 0 bridgehead atoms. The summed E-state index contributed by atoms with van der Waals surface area (Å²) in [5.74, 6) is 1.34. The van der Waals surface area contributed by atoms with Crippen LogP contribution in [0, 0.1) is 0 Å². The van der Waals surface area contributed by atoms with Crippen LogP contribution in [0.5, 0.6) is 5.75 Å². The number of hydrogen-bond acceptors (Lipinski definition) is 4. The number of ether oxygens (including phenoxy) is 1. The minimum absolute atomic E-state index is 0.419. The van der Waals surface area contributed by atoms with Gasteiger partial charge in [0.15, 0.2) is 0 Å². The van der Waals surface area contributed by atoms with Crippen LogP contribution in [0.2, 0.25) is 0 Å². The maximum absolute atomic E-state index is 5.88. The zero-order valence-electron chi connectivity index (χ0n) is 11.0. The summed E-state index contributed by atoms with van der Waals surface area (Å²) in [6.45, 7) is 5.28. The number of nitrogens with two attached hydrogens (primary N) is 1. The van der Waals surface area contributed by atoms with E-state index >= 15 is 0 Å². The Morgan fingerprint density at radius 3 is 2.84 bits per heavy atom. The van der Waals surface area contributed by atoms with E-state index in [4.69, 9.17) is 10.5 Å². The van der Waals surface area contributed by atoms with Gasteiger partial charge in [0, 0.05) is 16.4 Å². The van der Waals surface area contributed by atoms with Gasteiger partial charge in [-0.05, 0) is 29.7 Å². The summed E-state index contributed by atoms with van der Waals surface area (Å²) in [5.41, 5.74) is 7.68. The Morgan fingerprint density at radius 1 is 1.42 bits per heavy atom. The number of aromatic nitrogens is 1. The summed E-state index contributed by atoms with van der Waals surface area (Å²) < 4.78 is 6.95. The standard InChI is InChI=1S/C14H17BrN2OS/c1-9(2)12-5-10(15)3-4-13(12)18-7-11-8-19-14(6-16)17-11/h3-5,8-9H,6-7,16H2,1-2H3. The van der Waals surface area contributed by atoms with Gasteiger partial charge in [-0.15, -0.1) is 11.3 Å². The molecule has 0 radical (unpaired) electrons. The molecule has 0 unspecified atom stereocenters. The average Bonchev–Trinajstić information content (AvgIpc) is 2.85. The molecular weight excluding hydrogens is 324 g/mol. The maximum atomic E-state index is 5.88. The highest BCUT2D eigenvalue weighted by molar-refractivity contribution is 9.10. The molecule has 1 aromatic heterocycles. The van der Waals surface area contributed by atoms with Crippen molar-refractivity contribution in [1.82, 2.24) is 4.98 Å². The quantitative estimate of drug-likeness (QED) is 0.892. The van der Waals surface area contributed by atoms with Crippen molar-refractivity contribution in [1.29, 1.82) is 0 Å². The molecule has 0 aliphatic carbocycles. The molecule has 0 amide bonds. The summed E-state index contributed by atoms with van der Waals surface area (Å²) in [6, 6.07) is 6.09. The van der Waals surface area contributed by atoms with Gasteiger partial charge in [-0.2, -0.15) is 0 Å². The summed E-state index contributed by atoms with van der Waals surface area (Å²) >= 11 is 5.07. The molecule has 3 nitrogen and oxygen atoms in total. The van der Waals surface area contributed by atoms with Crippen molar-refractivity contribution in [2.45, 2.75) is 32.9 Å². The van der Waals surface area contributed by atoms with Crippen molar-refractivity contribution >= 4 is 27.3 Å². The first-order chi connectivity index (χ1) is 9.10. The van der Waals surface area contributed by atoms with Gasteiger partial charge in [-0.25, -0.2) is 4.98 Å². The number of nitrogens with zero attached hydrogens (tertiary/aromatic N) is 1. The zero-order chi connectivity index (χ0) is 13.8.